The van der Waals surface area contributed by atoms with Crippen LogP contribution in [0.4, 0.5) is 0 Å². The summed E-state index contributed by atoms with van der Waals surface area (Å²) in [6.45, 7) is 2.37. The fourth-order valence-electron chi connectivity index (χ4n) is 0.759. The van der Waals surface area contributed by atoms with Gasteiger partial charge in [-0.1, -0.05) is 12.2 Å². The van der Waals surface area contributed by atoms with E-state index in [9.17, 15) is 0 Å². The second kappa shape index (κ2) is 3.93. The first-order valence-corrected chi connectivity index (χ1v) is 2.73. The normalized spacial score (nSPS) is 20.1. The molecule has 1 heterocycles. The largest absolute Gasteiger partial charge is 0.302 e. The third-order valence-electron chi connectivity index (χ3n) is 1.26. The Bertz CT molecular complexity index is 80.6. The summed E-state index contributed by atoms with van der Waals surface area (Å²) in [6.07, 6.45) is 5.68. The molecule has 8 heavy (non-hydrogen) atoms. The summed E-state index contributed by atoms with van der Waals surface area (Å²) >= 11 is 0. The lowest BCUT2D eigenvalue weighted by Crippen LogP contribution is -2.21. The van der Waals surface area contributed by atoms with E-state index >= 15 is 0 Å². The van der Waals surface area contributed by atoms with Crippen molar-refractivity contribution in [3.8, 4) is 0 Å². The molecule has 0 aliphatic carbocycles. The van der Waals surface area contributed by atoms with E-state index in [1.165, 1.54) is 13.0 Å². The van der Waals surface area contributed by atoms with Crippen molar-refractivity contribution in [1.29, 1.82) is 0 Å². The summed E-state index contributed by atoms with van der Waals surface area (Å²) < 4.78 is 0. The molecule has 1 rings (SSSR count). The predicted molar refractivity (Wildman–Crippen MR) is 38.5 cm³/mol. The fraction of sp³-hybridized carbons (Fsp3) is 0.667. The Labute approximate surface area is 56.8 Å². The molecule has 0 aromatic heterocycles. The molecule has 0 saturated heterocycles. The standard InChI is InChI=1S/C6H11N.ClH/c1-7-5-3-2-4-6-7;/h2-3H,4-6H2,1H3;1H. The van der Waals surface area contributed by atoms with Crippen LogP contribution in [0.15, 0.2) is 12.2 Å². The zero-order valence-corrected chi connectivity index (χ0v) is 5.95. The maximum atomic E-state index is 2.31. The third-order valence-corrected chi connectivity index (χ3v) is 1.26. The van der Waals surface area contributed by atoms with Crippen LogP contribution in [0.25, 0.3) is 0 Å². The molecule has 0 fully saturated rings. The molecule has 2 heteroatoms. The van der Waals surface area contributed by atoms with E-state index < -0.39 is 0 Å². The quantitative estimate of drug-likeness (QED) is 0.451. The van der Waals surface area contributed by atoms with Gasteiger partial charge in [-0.2, -0.15) is 0 Å². The maximum Gasteiger partial charge on any atom is 0.0160 e. The van der Waals surface area contributed by atoms with Gasteiger partial charge in [0.2, 0.25) is 0 Å². The maximum absolute atomic E-state index is 2.31. The Morgan fingerprint density at radius 3 is 2.38 bits per heavy atom. The van der Waals surface area contributed by atoms with E-state index in [1.807, 2.05) is 0 Å². The molecular formula is C6H12ClN. The zero-order chi connectivity index (χ0) is 5.11. The number of nitrogens with zero attached hydrogens (tertiary/aromatic N) is 1. The number of likely N-dealkylation sites (N-methyl/N-ethyl adjacent to an activating group) is 1. The summed E-state index contributed by atoms with van der Waals surface area (Å²) in [5, 5.41) is 0. The highest BCUT2D eigenvalue weighted by Crippen LogP contribution is 1.95. The minimum atomic E-state index is 0. The fourth-order valence-corrected chi connectivity index (χ4v) is 0.759. The van der Waals surface area contributed by atoms with Crippen LogP contribution in [0, 0.1) is 0 Å². The molecule has 0 N–H and O–H groups in total. The molecule has 0 amide bonds. The zero-order valence-electron chi connectivity index (χ0n) is 5.13. The van der Waals surface area contributed by atoms with Crippen LogP contribution >= 0.6 is 12.4 Å². The Morgan fingerprint density at radius 1 is 1.38 bits per heavy atom. The summed E-state index contributed by atoms with van der Waals surface area (Å²) in [4.78, 5) is 2.31. The average Bonchev–Trinajstić information content (AvgIpc) is 1.69. The van der Waals surface area contributed by atoms with Gasteiger partial charge in [-0.15, -0.1) is 12.4 Å². The highest BCUT2D eigenvalue weighted by atomic mass is 35.5. The van der Waals surface area contributed by atoms with Gasteiger partial charge in [0.25, 0.3) is 0 Å². The van der Waals surface area contributed by atoms with E-state index in [1.54, 1.807) is 0 Å². The van der Waals surface area contributed by atoms with Crippen molar-refractivity contribution in [2.45, 2.75) is 6.42 Å². The molecule has 0 spiro atoms. The molecule has 0 aromatic carbocycles. The molecule has 1 nitrogen and oxygen atoms in total. The third kappa shape index (κ3) is 2.34. The molecule has 0 aromatic rings. The molecule has 0 bridgehead atoms. The molecule has 1 aliphatic rings. The molecule has 48 valence electrons. The first-order valence-electron chi connectivity index (χ1n) is 2.73. The van der Waals surface area contributed by atoms with Crippen LogP contribution < -0.4 is 0 Å². The summed E-state index contributed by atoms with van der Waals surface area (Å²) in [5.41, 5.74) is 0. The average molecular weight is 134 g/mol. The van der Waals surface area contributed by atoms with E-state index in [-0.39, 0.29) is 12.4 Å². The van der Waals surface area contributed by atoms with E-state index in [0.29, 0.717) is 0 Å². The monoisotopic (exact) mass is 133 g/mol. The molecule has 0 unspecified atom stereocenters. The summed E-state index contributed by atoms with van der Waals surface area (Å²) in [6, 6.07) is 0. The SMILES string of the molecule is CN1CC=CCC1.Cl. The first kappa shape index (κ1) is 7.99. The van der Waals surface area contributed by atoms with Crippen LogP contribution in [0.3, 0.4) is 0 Å². The number of hydrogen-bond donors (Lipinski definition) is 0. The minimum absolute atomic E-state index is 0. The Morgan fingerprint density at radius 2 is 2.12 bits per heavy atom. The molecule has 0 radical (unpaired) electrons. The predicted octanol–water partition coefficient (Wildman–Crippen LogP) is 1.30. The lowest BCUT2D eigenvalue weighted by atomic mass is 10.3. The van der Waals surface area contributed by atoms with Gasteiger partial charge in [-0.3, -0.25) is 0 Å². The van der Waals surface area contributed by atoms with Crippen molar-refractivity contribution in [1.82, 2.24) is 4.90 Å². The van der Waals surface area contributed by atoms with E-state index in [4.69, 9.17) is 0 Å². The highest BCUT2D eigenvalue weighted by molar-refractivity contribution is 5.85. The van der Waals surface area contributed by atoms with Crippen molar-refractivity contribution >= 4 is 12.4 Å². The van der Waals surface area contributed by atoms with Gasteiger partial charge < -0.3 is 4.90 Å². The van der Waals surface area contributed by atoms with Crippen molar-refractivity contribution in [3.05, 3.63) is 12.2 Å². The van der Waals surface area contributed by atoms with Gasteiger partial charge in [0.05, 0.1) is 0 Å². The number of halogens is 1. The number of rotatable bonds is 0. The van der Waals surface area contributed by atoms with Gasteiger partial charge in [0.15, 0.2) is 0 Å². The molecule has 0 saturated carbocycles. The van der Waals surface area contributed by atoms with E-state index in [2.05, 4.69) is 24.1 Å². The van der Waals surface area contributed by atoms with Crippen molar-refractivity contribution < 1.29 is 0 Å². The summed E-state index contributed by atoms with van der Waals surface area (Å²) in [5.74, 6) is 0. The van der Waals surface area contributed by atoms with Gasteiger partial charge >= 0.3 is 0 Å². The smallest absolute Gasteiger partial charge is 0.0160 e. The first-order chi connectivity index (χ1) is 3.39. The topological polar surface area (TPSA) is 3.24 Å². The van der Waals surface area contributed by atoms with Gasteiger partial charge in [-0.05, 0) is 13.5 Å². The molecule has 0 atom stereocenters. The van der Waals surface area contributed by atoms with Crippen LogP contribution in [-0.2, 0) is 0 Å². The Balaban J connectivity index is 0.000000490. The second-order valence-corrected chi connectivity index (χ2v) is 2.02. The number of hydrogen-bond acceptors (Lipinski definition) is 1. The second-order valence-electron chi connectivity index (χ2n) is 2.02. The lowest BCUT2D eigenvalue weighted by molar-refractivity contribution is 0.366. The van der Waals surface area contributed by atoms with Crippen LogP contribution in [0.5, 0.6) is 0 Å². The van der Waals surface area contributed by atoms with Crippen molar-refractivity contribution in [2.75, 3.05) is 20.1 Å². The van der Waals surface area contributed by atoms with Crippen LogP contribution in [-0.4, -0.2) is 25.0 Å². The summed E-state index contributed by atoms with van der Waals surface area (Å²) in [7, 11) is 2.14. The van der Waals surface area contributed by atoms with Crippen molar-refractivity contribution in [3.63, 3.8) is 0 Å². The molecular weight excluding hydrogens is 122 g/mol. The van der Waals surface area contributed by atoms with Gasteiger partial charge in [-0.25, -0.2) is 0 Å². The Kier molecular flexibility index (Phi) is 3.92. The van der Waals surface area contributed by atoms with Crippen LogP contribution in [0.1, 0.15) is 6.42 Å². The Hall–Kier alpha value is -0.0100. The highest BCUT2D eigenvalue weighted by Gasteiger charge is 1.95. The lowest BCUT2D eigenvalue weighted by Gasteiger charge is -2.15. The van der Waals surface area contributed by atoms with E-state index in [0.717, 1.165) is 6.54 Å². The molecule has 1 aliphatic heterocycles. The van der Waals surface area contributed by atoms with Gasteiger partial charge in [0.1, 0.15) is 0 Å². The minimum Gasteiger partial charge on any atom is -0.302 e. The van der Waals surface area contributed by atoms with Gasteiger partial charge in [0, 0.05) is 13.1 Å². The van der Waals surface area contributed by atoms with Crippen LogP contribution in [0.2, 0.25) is 0 Å². The van der Waals surface area contributed by atoms with Crippen molar-refractivity contribution in [2.24, 2.45) is 0 Å².